The summed E-state index contributed by atoms with van der Waals surface area (Å²) >= 11 is 0. The summed E-state index contributed by atoms with van der Waals surface area (Å²) in [4.78, 5) is 13.9. The normalized spacial score (nSPS) is 14.9. The molecule has 0 amide bonds. The van der Waals surface area contributed by atoms with E-state index in [0.717, 1.165) is 25.9 Å². The Bertz CT molecular complexity index is 199. The van der Waals surface area contributed by atoms with Gasteiger partial charge >= 0.3 is 5.97 Å². The predicted molar refractivity (Wildman–Crippen MR) is 66.2 cm³/mol. The van der Waals surface area contributed by atoms with Crippen LogP contribution < -0.4 is 5.73 Å². The zero-order chi connectivity index (χ0) is 12.6. The molecular weight excluding hydrogens is 204 g/mol. The van der Waals surface area contributed by atoms with E-state index in [1.807, 2.05) is 0 Å². The van der Waals surface area contributed by atoms with Crippen molar-refractivity contribution in [2.75, 3.05) is 26.2 Å². The van der Waals surface area contributed by atoms with Gasteiger partial charge in [0.05, 0.1) is 6.61 Å². The van der Waals surface area contributed by atoms with Gasteiger partial charge in [-0.05, 0) is 39.8 Å². The van der Waals surface area contributed by atoms with Crippen molar-refractivity contribution in [1.29, 1.82) is 0 Å². The van der Waals surface area contributed by atoms with Crippen LogP contribution in [0.3, 0.4) is 0 Å². The van der Waals surface area contributed by atoms with Gasteiger partial charge in [0, 0.05) is 6.54 Å². The SMILES string of the molecule is CCCN(CCC)CC(C)(N)C(=O)OCC. The van der Waals surface area contributed by atoms with Crippen LogP contribution in [0.5, 0.6) is 0 Å². The van der Waals surface area contributed by atoms with E-state index in [-0.39, 0.29) is 5.97 Å². The average molecular weight is 230 g/mol. The molecule has 0 bridgehead atoms. The van der Waals surface area contributed by atoms with Crippen molar-refractivity contribution in [2.45, 2.75) is 46.1 Å². The molecule has 0 saturated carbocycles. The van der Waals surface area contributed by atoms with E-state index in [1.165, 1.54) is 0 Å². The standard InChI is InChI=1S/C12H26N2O2/c1-5-8-14(9-6-2)10-12(4,13)11(15)16-7-3/h5-10,13H2,1-4H3. The number of carbonyl (C=O) groups excluding carboxylic acids is 1. The number of hydrogen-bond acceptors (Lipinski definition) is 4. The highest BCUT2D eigenvalue weighted by Gasteiger charge is 2.31. The molecule has 2 N–H and O–H groups in total. The Morgan fingerprint density at radius 2 is 1.75 bits per heavy atom. The Morgan fingerprint density at radius 1 is 1.25 bits per heavy atom. The topological polar surface area (TPSA) is 55.6 Å². The minimum absolute atomic E-state index is 0.313. The average Bonchev–Trinajstić information content (AvgIpc) is 2.18. The molecule has 0 aromatic rings. The van der Waals surface area contributed by atoms with Gasteiger partial charge in [-0.25, -0.2) is 0 Å². The van der Waals surface area contributed by atoms with E-state index in [9.17, 15) is 4.79 Å². The number of ether oxygens (including phenoxy) is 1. The molecule has 0 heterocycles. The second-order valence-electron chi connectivity index (χ2n) is 4.41. The van der Waals surface area contributed by atoms with E-state index in [2.05, 4.69) is 18.7 Å². The van der Waals surface area contributed by atoms with Gasteiger partial charge in [0.25, 0.3) is 0 Å². The molecule has 1 atom stereocenters. The Balaban J connectivity index is 4.32. The Labute approximate surface area is 99.1 Å². The van der Waals surface area contributed by atoms with Crippen LogP contribution in [-0.2, 0) is 9.53 Å². The fraction of sp³-hybridized carbons (Fsp3) is 0.917. The summed E-state index contributed by atoms with van der Waals surface area (Å²) in [7, 11) is 0. The highest BCUT2D eigenvalue weighted by molar-refractivity contribution is 5.80. The predicted octanol–water partition coefficient (Wildman–Crippen LogP) is 1.39. The Hall–Kier alpha value is -0.610. The molecule has 0 aromatic heterocycles. The molecule has 1 unspecified atom stereocenters. The molecule has 0 aliphatic heterocycles. The van der Waals surface area contributed by atoms with Crippen LogP contribution in [0.2, 0.25) is 0 Å². The first-order valence-corrected chi connectivity index (χ1v) is 6.16. The monoisotopic (exact) mass is 230 g/mol. The van der Waals surface area contributed by atoms with Gasteiger partial charge in [-0.3, -0.25) is 4.79 Å². The first kappa shape index (κ1) is 15.4. The molecule has 0 spiro atoms. The molecule has 4 nitrogen and oxygen atoms in total. The summed E-state index contributed by atoms with van der Waals surface area (Å²) in [6, 6.07) is 0. The molecule has 0 fully saturated rings. The van der Waals surface area contributed by atoms with Crippen LogP contribution >= 0.6 is 0 Å². The van der Waals surface area contributed by atoms with E-state index >= 15 is 0 Å². The number of nitrogens with zero attached hydrogens (tertiary/aromatic N) is 1. The number of esters is 1. The summed E-state index contributed by atoms with van der Waals surface area (Å²) < 4.78 is 4.97. The molecule has 16 heavy (non-hydrogen) atoms. The van der Waals surface area contributed by atoms with Crippen molar-refractivity contribution < 1.29 is 9.53 Å². The zero-order valence-electron chi connectivity index (χ0n) is 11.1. The maximum atomic E-state index is 11.6. The molecule has 0 aliphatic rings. The van der Waals surface area contributed by atoms with Gasteiger partial charge in [-0.15, -0.1) is 0 Å². The molecule has 0 radical (unpaired) electrons. The van der Waals surface area contributed by atoms with Gasteiger partial charge in [0.2, 0.25) is 0 Å². The van der Waals surface area contributed by atoms with Crippen LogP contribution in [0.15, 0.2) is 0 Å². The van der Waals surface area contributed by atoms with Crippen LogP contribution in [0, 0.1) is 0 Å². The van der Waals surface area contributed by atoms with Crippen LogP contribution in [0.4, 0.5) is 0 Å². The summed E-state index contributed by atoms with van der Waals surface area (Å²) in [6.07, 6.45) is 2.14. The molecule has 0 rings (SSSR count). The Morgan fingerprint density at radius 3 is 2.12 bits per heavy atom. The number of rotatable bonds is 8. The van der Waals surface area contributed by atoms with Crippen molar-refractivity contribution >= 4 is 5.97 Å². The fourth-order valence-corrected chi connectivity index (χ4v) is 1.73. The van der Waals surface area contributed by atoms with Crippen molar-refractivity contribution in [2.24, 2.45) is 5.73 Å². The van der Waals surface area contributed by atoms with Crippen LogP contribution in [0.1, 0.15) is 40.5 Å². The lowest BCUT2D eigenvalue weighted by Gasteiger charge is -2.30. The molecule has 96 valence electrons. The third-order valence-electron chi connectivity index (χ3n) is 2.37. The highest BCUT2D eigenvalue weighted by Crippen LogP contribution is 2.07. The summed E-state index contributed by atoms with van der Waals surface area (Å²) in [5.74, 6) is -0.313. The summed E-state index contributed by atoms with van der Waals surface area (Å²) in [6.45, 7) is 10.7. The highest BCUT2D eigenvalue weighted by atomic mass is 16.5. The number of hydrogen-bond donors (Lipinski definition) is 1. The summed E-state index contributed by atoms with van der Waals surface area (Å²) in [5.41, 5.74) is 5.09. The lowest BCUT2D eigenvalue weighted by molar-refractivity contribution is -0.149. The second-order valence-corrected chi connectivity index (χ2v) is 4.41. The smallest absolute Gasteiger partial charge is 0.327 e. The lowest BCUT2D eigenvalue weighted by atomic mass is 10.0. The van der Waals surface area contributed by atoms with Crippen molar-refractivity contribution in [3.05, 3.63) is 0 Å². The van der Waals surface area contributed by atoms with E-state index in [4.69, 9.17) is 10.5 Å². The zero-order valence-corrected chi connectivity index (χ0v) is 11.1. The number of carbonyl (C=O) groups is 1. The summed E-state index contributed by atoms with van der Waals surface area (Å²) in [5, 5.41) is 0. The van der Waals surface area contributed by atoms with Gasteiger partial charge < -0.3 is 15.4 Å². The largest absolute Gasteiger partial charge is 0.465 e. The lowest BCUT2D eigenvalue weighted by Crippen LogP contribution is -2.54. The van der Waals surface area contributed by atoms with E-state index < -0.39 is 5.54 Å². The van der Waals surface area contributed by atoms with Crippen molar-refractivity contribution in [1.82, 2.24) is 4.90 Å². The van der Waals surface area contributed by atoms with Crippen molar-refractivity contribution in [3.63, 3.8) is 0 Å². The quantitative estimate of drug-likeness (QED) is 0.640. The van der Waals surface area contributed by atoms with Gasteiger partial charge in [0.15, 0.2) is 0 Å². The molecule has 0 aromatic carbocycles. The first-order valence-electron chi connectivity index (χ1n) is 6.16. The third-order valence-corrected chi connectivity index (χ3v) is 2.37. The second kappa shape index (κ2) is 7.63. The van der Waals surface area contributed by atoms with Gasteiger partial charge in [-0.2, -0.15) is 0 Å². The van der Waals surface area contributed by atoms with Gasteiger partial charge in [-0.1, -0.05) is 13.8 Å². The minimum atomic E-state index is -0.902. The molecule has 0 saturated heterocycles. The number of nitrogens with two attached hydrogens (primary N) is 1. The maximum absolute atomic E-state index is 11.6. The minimum Gasteiger partial charge on any atom is -0.465 e. The first-order chi connectivity index (χ1) is 7.47. The third kappa shape index (κ3) is 5.47. The van der Waals surface area contributed by atoms with Gasteiger partial charge in [0.1, 0.15) is 5.54 Å². The van der Waals surface area contributed by atoms with Crippen molar-refractivity contribution in [3.8, 4) is 0 Å². The molecule has 4 heteroatoms. The molecule has 0 aliphatic carbocycles. The maximum Gasteiger partial charge on any atom is 0.327 e. The van der Waals surface area contributed by atoms with E-state index in [1.54, 1.807) is 13.8 Å². The fourth-order valence-electron chi connectivity index (χ4n) is 1.73. The van der Waals surface area contributed by atoms with E-state index in [0.29, 0.717) is 13.2 Å². The van der Waals surface area contributed by atoms with Crippen LogP contribution in [0.25, 0.3) is 0 Å². The Kier molecular flexibility index (Phi) is 7.34. The molecular formula is C12H26N2O2. The van der Waals surface area contributed by atoms with Crippen LogP contribution in [-0.4, -0.2) is 42.6 Å².